The number of rotatable bonds is 6. The highest BCUT2D eigenvalue weighted by molar-refractivity contribution is 8.13. The van der Waals surface area contributed by atoms with Crippen LogP contribution in [0.2, 0.25) is 0 Å². The summed E-state index contributed by atoms with van der Waals surface area (Å²) in [5.74, 6) is 0. The van der Waals surface area contributed by atoms with Crippen molar-refractivity contribution in [3.8, 4) is 0 Å². The Labute approximate surface area is 258 Å². The predicted molar refractivity (Wildman–Crippen MR) is 138 cm³/mol. The molecule has 0 aliphatic carbocycles. The van der Waals surface area contributed by atoms with Crippen LogP contribution in [-0.4, -0.2) is 118 Å². The second kappa shape index (κ2) is 16.0. The Balaban J connectivity index is 0. The molecular weight excluding hydrogens is 756 g/mol. The molecule has 0 radical (unpaired) electrons. The summed E-state index contributed by atoms with van der Waals surface area (Å²) in [6.45, 7) is 12.9. The van der Waals surface area contributed by atoms with E-state index in [4.69, 9.17) is 0 Å². The van der Waals surface area contributed by atoms with Gasteiger partial charge in [0.25, 0.3) is 0 Å². The van der Waals surface area contributed by atoms with E-state index >= 15 is 0 Å². The molecule has 280 valence electrons. The van der Waals surface area contributed by atoms with E-state index in [9.17, 15) is 86.4 Å². The molecule has 2 aliphatic heterocycles. The van der Waals surface area contributed by atoms with Gasteiger partial charge in [0.2, 0.25) is 0 Å². The number of nitrogens with zero attached hydrogens (tertiary/aromatic N) is 4. The van der Waals surface area contributed by atoms with Crippen molar-refractivity contribution in [2.24, 2.45) is 0 Å². The molecule has 2 heterocycles. The molecule has 0 unspecified atom stereocenters. The van der Waals surface area contributed by atoms with Crippen LogP contribution in [-0.2, 0) is 40.1 Å². The highest BCUT2D eigenvalue weighted by Gasteiger charge is 2.48. The topological polar surface area (TPSA) is 165 Å². The van der Waals surface area contributed by atoms with E-state index in [1.165, 1.54) is 73.9 Å². The normalized spacial score (nSPS) is 19.1. The minimum atomic E-state index is -6.72. The molecule has 2 rings (SSSR count). The van der Waals surface area contributed by atoms with Gasteiger partial charge in [-0.25, -0.2) is 33.7 Å². The van der Waals surface area contributed by atoms with Crippen molar-refractivity contribution in [1.29, 1.82) is 0 Å². The Hall–Kier alpha value is -1.20. The SMILES string of the molecule is CC[N+]1(C)CCCC1.CC[N+]1(C)CCCC1.O=S(=O)([N-]S(=O)(=O)C(F)(F)F)C(F)(F)F.O=S(=O)([N-]S(=O)(=O)C(F)(F)F)C(F)(F)F. The predicted octanol–water partition coefficient (Wildman–Crippen LogP) is 4.61. The third-order valence-electron chi connectivity index (χ3n) is 6.38. The van der Waals surface area contributed by atoms with E-state index in [2.05, 4.69) is 27.9 Å². The largest absolute Gasteiger partial charge is 0.480 e. The highest BCUT2D eigenvalue weighted by Crippen LogP contribution is 2.37. The van der Waals surface area contributed by atoms with Gasteiger partial charge in [-0.1, -0.05) is 0 Å². The van der Waals surface area contributed by atoms with Crippen LogP contribution in [0.15, 0.2) is 0 Å². The molecule has 46 heavy (non-hydrogen) atoms. The van der Waals surface area contributed by atoms with Crippen LogP contribution in [0.4, 0.5) is 52.7 Å². The number of halogens is 12. The Morgan fingerprint density at radius 2 is 0.587 bits per heavy atom. The summed E-state index contributed by atoms with van der Waals surface area (Å²) < 4.78 is 221. The third-order valence-corrected chi connectivity index (χ3v) is 11.9. The van der Waals surface area contributed by atoms with Crippen LogP contribution >= 0.6 is 0 Å². The summed E-state index contributed by atoms with van der Waals surface area (Å²) in [5, 5.41) is 0. The van der Waals surface area contributed by atoms with Crippen LogP contribution in [0.25, 0.3) is 8.25 Å². The summed E-state index contributed by atoms with van der Waals surface area (Å²) in [6.07, 6.45) is 5.80. The molecule has 0 aromatic carbocycles. The molecule has 0 saturated carbocycles. The second-order valence-electron chi connectivity index (χ2n) is 10.0. The Morgan fingerprint density at radius 1 is 0.435 bits per heavy atom. The van der Waals surface area contributed by atoms with Crippen molar-refractivity contribution >= 4 is 40.1 Å². The van der Waals surface area contributed by atoms with Crippen molar-refractivity contribution in [3.05, 3.63) is 8.25 Å². The first kappa shape index (κ1) is 46.9. The van der Waals surface area contributed by atoms with Crippen LogP contribution in [0.1, 0.15) is 39.5 Å². The first-order chi connectivity index (χ1) is 19.9. The van der Waals surface area contributed by atoms with E-state index in [1.807, 2.05) is 0 Å². The summed E-state index contributed by atoms with van der Waals surface area (Å²) >= 11 is 0. The number of sulfonamides is 4. The molecule has 2 aliphatic rings. The zero-order valence-electron chi connectivity index (χ0n) is 24.3. The van der Waals surface area contributed by atoms with Gasteiger partial charge < -0.3 is 17.2 Å². The maximum absolute atomic E-state index is 11.4. The van der Waals surface area contributed by atoms with Crippen LogP contribution in [0, 0.1) is 0 Å². The van der Waals surface area contributed by atoms with Gasteiger partial charge in [0.1, 0.15) is 0 Å². The molecule has 0 spiro atoms. The average Bonchev–Trinajstić information content (AvgIpc) is 3.45. The van der Waals surface area contributed by atoms with E-state index in [1.54, 1.807) is 0 Å². The molecule has 0 aromatic heterocycles. The van der Waals surface area contributed by atoms with E-state index < -0.39 is 62.1 Å². The summed E-state index contributed by atoms with van der Waals surface area (Å²) in [5.41, 5.74) is -24.8. The monoisotopic (exact) mass is 788 g/mol. The van der Waals surface area contributed by atoms with Crippen molar-refractivity contribution in [3.63, 3.8) is 0 Å². The summed E-state index contributed by atoms with van der Waals surface area (Å²) in [4.78, 5) is 0. The molecular formula is C18H32F12N4O8S4. The number of hydrogen-bond donors (Lipinski definition) is 0. The quantitative estimate of drug-likeness (QED) is 0.278. The van der Waals surface area contributed by atoms with Gasteiger partial charge in [0.05, 0.1) is 53.4 Å². The number of likely N-dealkylation sites (tertiary alicyclic amines) is 2. The molecule has 0 atom stereocenters. The van der Waals surface area contributed by atoms with Gasteiger partial charge in [-0.2, -0.15) is 52.7 Å². The molecule has 28 heteroatoms. The minimum absolute atomic E-state index is 0.778. The van der Waals surface area contributed by atoms with Gasteiger partial charge >= 0.3 is 22.0 Å². The van der Waals surface area contributed by atoms with E-state index in [0.29, 0.717) is 0 Å². The lowest BCUT2D eigenvalue weighted by Crippen LogP contribution is -2.40. The Morgan fingerprint density at radius 3 is 0.674 bits per heavy atom. The van der Waals surface area contributed by atoms with Crippen molar-refractivity contribution in [1.82, 2.24) is 0 Å². The third kappa shape index (κ3) is 14.9. The zero-order chi connectivity index (χ0) is 37.5. The zero-order valence-corrected chi connectivity index (χ0v) is 27.6. The maximum atomic E-state index is 11.4. The van der Waals surface area contributed by atoms with Gasteiger partial charge in [-0.05, 0) is 13.8 Å². The molecule has 2 fully saturated rings. The molecule has 2 saturated heterocycles. The fourth-order valence-electron chi connectivity index (χ4n) is 3.26. The second-order valence-corrected chi connectivity index (χ2v) is 16.9. The van der Waals surface area contributed by atoms with Crippen LogP contribution in [0.5, 0.6) is 0 Å². The lowest BCUT2D eigenvalue weighted by atomic mass is 10.4. The highest BCUT2D eigenvalue weighted by atomic mass is 32.3. The van der Waals surface area contributed by atoms with Crippen molar-refractivity contribution in [2.75, 3.05) is 53.4 Å². The average molecular weight is 789 g/mol. The van der Waals surface area contributed by atoms with Gasteiger partial charge in [-0.15, -0.1) is 0 Å². The van der Waals surface area contributed by atoms with Gasteiger partial charge in [0.15, 0.2) is 40.1 Å². The summed E-state index contributed by atoms with van der Waals surface area (Å²) in [6, 6.07) is 0. The Kier molecular flexibility index (Phi) is 16.3. The Bertz CT molecular complexity index is 1210. The molecule has 12 nitrogen and oxygen atoms in total. The maximum Gasteiger partial charge on any atom is 0.480 e. The molecule has 0 bridgehead atoms. The van der Waals surface area contributed by atoms with Crippen LogP contribution in [0.3, 0.4) is 0 Å². The van der Waals surface area contributed by atoms with Crippen molar-refractivity contribution < 1.29 is 95.3 Å². The first-order valence-corrected chi connectivity index (χ1v) is 18.1. The lowest BCUT2D eigenvalue weighted by Gasteiger charge is -2.26. The lowest BCUT2D eigenvalue weighted by molar-refractivity contribution is -0.895. The molecule has 0 amide bonds. The van der Waals surface area contributed by atoms with Crippen LogP contribution < -0.4 is 0 Å². The number of alkyl halides is 12. The van der Waals surface area contributed by atoms with Gasteiger partial charge in [-0.3, -0.25) is 0 Å². The van der Waals surface area contributed by atoms with Gasteiger partial charge in [0, 0.05) is 25.7 Å². The fourth-order valence-corrected chi connectivity index (χ4v) is 6.68. The van der Waals surface area contributed by atoms with E-state index in [0.717, 1.165) is 8.25 Å². The summed E-state index contributed by atoms with van der Waals surface area (Å²) in [7, 11) is -22.2. The fraction of sp³-hybridized carbons (Fsp3) is 1.00. The smallest absolute Gasteiger partial charge is 0.421 e. The molecule has 0 N–H and O–H groups in total. The standard InChI is InChI=1S/2C7H16N.2C2F6NO4S2/c2*1-3-8(2)6-4-5-7-8;2*3-1(4,5)14(10,11)9-15(12,13)2(6,7)8/h2*3-7H2,1-2H3;;/q2*+1;2*-1. The van der Waals surface area contributed by atoms with Crippen molar-refractivity contribution in [2.45, 2.75) is 61.6 Å². The minimum Gasteiger partial charge on any atom is -0.421 e. The van der Waals surface area contributed by atoms with E-state index in [-0.39, 0.29) is 0 Å². The molecule has 0 aromatic rings. The number of quaternary nitrogens is 2. The number of hydrogen-bond acceptors (Lipinski definition) is 8. The first-order valence-electron chi connectivity index (χ1n) is 12.4.